The summed E-state index contributed by atoms with van der Waals surface area (Å²) in [7, 11) is 0. The molecule has 1 N–H and O–H groups in total. The van der Waals surface area contributed by atoms with E-state index in [9.17, 15) is 4.79 Å². The lowest BCUT2D eigenvalue weighted by Crippen LogP contribution is -2.58. The fraction of sp³-hybridized carbons (Fsp3) is 0.722. The zero-order valence-corrected chi connectivity index (χ0v) is 13.7. The van der Waals surface area contributed by atoms with Gasteiger partial charge in [0.1, 0.15) is 0 Å². The number of likely N-dealkylation sites (tertiary alicyclic amines) is 1. The van der Waals surface area contributed by atoms with Crippen molar-refractivity contribution < 1.29 is 9.21 Å². The molecular weight excluding hydrogens is 290 g/mol. The van der Waals surface area contributed by atoms with E-state index in [1.807, 2.05) is 0 Å². The van der Waals surface area contributed by atoms with Gasteiger partial charge in [-0.15, -0.1) is 0 Å². The Morgan fingerprint density at radius 3 is 2.87 bits per heavy atom. The van der Waals surface area contributed by atoms with Crippen molar-refractivity contribution in [1.82, 2.24) is 15.1 Å². The maximum Gasteiger partial charge on any atom is 0.287 e. The Morgan fingerprint density at radius 1 is 1.30 bits per heavy atom. The van der Waals surface area contributed by atoms with E-state index in [2.05, 4.69) is 15.1 Å². The minimum absolute atomic E-state index is 0.0914. The fourth-order valence-electron chi connectivity index (χ4n) is 4.67. The number of piperidine rings is 3. The van der Waals surface area contributed by atoms with Gasteiger partial charge in [0, 0.05) is 25.7 Å². The number of nitrogens with zero attached hydrogens (tertiary/aromatic N) is 2. The molecule has 0 spiro atoms. The summed E-state index contributed by atoms with van der Waals surface area (Å²) in [6, 6.07) is 3.97. The van der Waals surface area contributed by atoms with E-state index < -0.39 is 0 Å². The number of furan rings is 1. The molecule has 1 aromatic rings. The van der Waals surface area contributed by atoms with Gasteiger partial charge in [-0.1, -0.05) is 0 Å². The smallest absolute Gasteiger partial charge is 0.287 e. The van der Waals surface area contributed by atoms with Crippen LogP contribution in [0.5, 0.6) is 0 Å². The predicted molar refractivity (Wildman–Crippen MR) is 88.3 cm³/mol. The topological polar surface area (TPSA) is 48.7 Å². The molecule has 4 fully saturated rings. The lowest BCUT2D eigenvalue weighted by molar-refractivity contribution is -0.00912. The van der Waals surface area contributed by atoms with Gasteiger partial charge in [0.15, 0.2) is 5.76 Å². The first kappa shape index (κ1) is 15.2. The second-order valence-corrected chi connectivity index (χ2v) is 7.39. The highest BCUT2D eigenvalue weighted by Gasteiger charge is 2.40. The summed E-state index contributed by atoms with van der Waals surface area (Å²) in [5.74, 6) is 1.99. The molecule has 5 nitrogen and oxygen atoms in total. The third-order valence-electron chi connectivity index (χ3n) is 5.95. The van der Waals surface area contributed by atoms with Crippen LogP contribution in [0, 0.1) is 11.8 Å². The highest BCUT2D eigenvalue weighted by atomic mass is 16.3. The zero-order valence-electron chi connectivity index (χ0n) is 13.7. The quantitative estimate of drug-likeness (QED) is 0.900. The number of hydrogen-bond donors (Lipinski definition) is 1. The molecule has 5 rings (SSSR count). The number of rotatable bonds is 5. The van der Waals surface area contributed by atoms with E-state index in [4.69, 9.17) is 4.42 Å². The van der Waals surface area contributed by atoms with Crippen LogP contribution in [0.15, 0.2) is 22.8 Å². The van der Waals surface area contributed by atoms with Gasteiger partial charge in [-0.2, -0.15) is 0 Å². The van der Waals surface area contributed by atoms with Gasteiger partial charge < -0.3 is 14.6 Å². The largest absolute Gasteiger partial charge is 0.459 e. The third-order valence-corrected chi connectivity index (χ3v) is 5.95. The molecule has 2 bridgehead atoms. The van der Waals surface area contributed by atoms with Crippen molar-refractivity contribution in [3.63, 3.8) is 0 Å². The summed E-state index contributed by atoms with van der Waals surface area (Å²) in [6.45, 7) is 7.03. The van der Waals surface area contributed by atoms with E-state index in [1.165, 1.54) is 58.4 Å². The Balaban J connectivity index is 1.28. The number of carbonyl (C=O) groups is 1. The lowest BCUT2D eigenvalue weighted by atomic mass is 9.75. The van der Waals surface area contributed by atoms with Gasteiger partial charge in [0.2, 0.25) is 0 Å². The SMILES string of the molecule is O=C(NCC1CC2CCN1CC2CN1CCCC1)c1ccco1. The number of amides is 1. The number of fused-ring (bicyclic) bond motifs is 3. The molecule has 5 heterocycles. The minimum atomic E-state index is -0.0914. The van der Waals surface area contributed by atoms with Crippen LogP contribution in [0.25, 0.3) is 0 Å². The molecule has 0 saturated carbocycles. The minimum Gasteiger partial charge on any atom is -0.459 e. The van der Waals surface area contributed by atoms with E-state index >= 15 is 0 Å². The number of nitrogens with one attached hydrogen (secondary N) is 1. The summed E-state index contributed by atoms with van der Waals surface area (Å²) >= 11 is 0. The maximum absolute atomic E-state index is 12.0. The molecule has 4 atom stereocenters. The molecule has 0 radical (unpaired) electrons. The molecule has 5 heteroatoms. The van der Waals surface area contributed by atoms with Crippen LogP contribution < -0.4 is 5.32 Å². The molecule has 4 aliphatic heterocycles. The van der Waals surface area contributed by atoms with Crippen molar-refractivity contribution in [2.75, 3.05) is 39.3 Å². The standard InChI is InChI=1S/C18H27N3O2/c22-18(17-4-3-9-23-17)19-11-16-10-14-5-8-21(16)13-15(14)12-20-6-1-2-7-20/h3-4,9,14-16H,1-2,5-8,10-13H2,(H,19,22). The Morgan fingerprint density at radius 2 is 2.17 bits per heavy atom. The second-order valence-electron chi connectivity index (χ2n) is 7.39. The summed E-state index contributed by atoms with van der Waals surface area (Å²) in [4.78, 5) is 17.3. The Bertz CT molecular complexity index is 524. The van der Waals surface area contributed by atoms with Crippen molar-refractivity contribution in [3.8, 4) is 0 Å². The first-order valence-electron chi connectivity index (χ1n) is 9.08. The second kappa shape index (κ2) is 6.65. The van der Waals surface area contributed by atoms with E-state index in [-0.39, 0.29) is 5.91 Å². The molecule has 23 heavy (non-hydrogen) atoms. The molecule has 126 valence electrons. The Hall–Kier alpha value is -1.33. The molecule has 1 amide bonds. The predicted octanol–water partition coefficient (Wildman–Crippen LogP) is 1.82. The van der Waals surface area contributed by atoms with Gasteiger partial charge in [0.25, 0.3) is 5.91 Å². The average molecular weight is 317 g/mol. The summed E-state index contributed by atoms with van der Waals surface area (Å²) < 4.78 is 5.16. The first-order valence-corrected chi connectivity index (χ1v) is 9.08. The van der Waals surface area contributed by atoms with Gasteiger partial charge in [-0.25, -0.2) is 0 Å². The summed E-state index contributed by atoms with van der Waals surface area (Å²) in [5.41, 5.74) is 0. The van der Waals surface area contributed by atoms with E-state index in [0.717, 1.165) is 18.4 Å². The monoisotopic (exact) mass is 317 g/mol. The van der Waals surface area contributed by atoms with Crippen LogP contribution >= 0.6 is 0 Å². The molecule has 0 aliphatic carbocycles. The normalized spacial score (nSPS) is 33.9. The third kappa shape index (κ3) is 3.31. The van der Waals surface area contributed by atoms with Gasteiger partial charge in [-0.05, 0) is 69.3 Å². The first-order chi connectivity index (χ1) is 11.3. The van der Waals surface area contributed by atoms with E-state index in [1.54, 1.807) is 18.4 Å². The Labute approximate surface area is 138 Å². The lowest BCUT2D eigenvalue weighted by Gasteiger charge is -2.50. The highest BCUT2D eigenvalue weighted by molar-refractivity contribution is 5.91. The van der Waals surface area contributed by atoms with E-state index in [0.29, 0.717) is 11.8 Å². The van der Waals surface area contributed by atoms with Crippen molar-refractivity contribution in [1.29, 1.82) is 0 Å². The van der Waals surface area contributed by atoms with Crippen molar-refractivity contribution in [2.45, 2.75) is 31.7 Å². The van der Waals surface area contributed by atoms with Crippen molar-refractivity contribution in [2.24, 2.45) is 11.8 Å². The molecule has 4 unspecified atom stereocenters. The summed E-state index contributed by atoms with van der Waals surface area (Å²) in [5, 5.41) is 3.04. The maximum atomic E-state index is 12.0. The van der Waals surface area contributed by atoms with Gasteiger partial charge in [0.05, 0.1) is 6.26 Å². The molecule has 1 aromatic heterocycles. The summed E-state index contributed by atoms with van der Waals surface area (Å²) in [6.07, 6.45) is 6.87. The molecular formula is C18H27N3O2. The van der Waals surface area contributed by atoms with Gasteiger partial charge in [-0.3, -0.25) is 9.69 Å². The van der Waals surface area contributed by atoms with Crippen LogP contribution in [0.3, 0.4) is 0 Å². The van der Waals surface area contributed by atoms with Crippen LogP contribution in [0.4, 0.5) is 0 Å². The Kier molecular flexibility index (Phi) is 4.40. The van der Waals surface area contributed by atoms with Gasteiger partial charge >= 0.3 is 0 Å². The highest BCUT2D eigenvalue weighted by Crippen LogP contribution is 2.36. The van der Waals surface area contributed by atoms with Crippen molar-refractivity contribution in [3.05, 3.63) is 24.2 Å². The van der Waals surface area contributed by atoms with Crippen LogP contribution in [-0.4, -0.2) is 61.0 Å². The average Bonchev–Trinajstić information content (AvgIpc) is 3.27. The number of carbonyl (C=O) groups excluding carboxylic acids is 1. The van der Waals surface area contributed by atoms with Crippen LogP contribution in [0.2, 0.25) is 0 Å². The van der Waals surface area contributed by atoms with Crippen LogP contribution in [0.1, 0.15) is 36.2 Å². The molecule has 0 aromatic carbocycles. The fourth-order valence-corrected chi connectivity index (χ4v) is 4.67. The molecule has 4 saturated heterocycles. The number of hydrogen-bond acceptors (Lipinski definition) is 4. The van der Waals surface area contributed by atoms with Crippen molar-refractivity contribution >= 4 is 5.91 Å². The van der Waals surface area contributed by atoms with Crippen LogP contribution in [-0.2, 0) is 0 Å². The molecule has 4 aliphatic rings. The zero-order chi connectivity index (χ0) is 15.6.